The second kappa shape index (κ2) is 14.7. The van der Waals surface area contributed by atoms with Crippen LogP contribution in [0.25, 0.3) is 11.4 Å². The van der Waals surface area contributed by atoms with Crippen molar-refractivity contribution in [1.82, 2.24) is 25.1 Å². The van der Waals surface area contributed by atoms with Crippen LogP contribution in [0.15, 0.2) is 42.6 Å². The number of carbonyl (C=O) groups is 3. The van der Waals surface area contributed by atoms with Crippen LogP contribution >= 0.6 is 0 Å². The number of aliphatic hydroxyl groups is 2. The van der Waals surface area contributed by atoms with Gasteiger partial charge >= 0.3 is 0 Å². The number of nitrogens with one attached hydrogen (secondary N) is 1. The zero-order valence-corrected chi connectivity index (χ0v) is 19.1. The normalized spacial score (nSPS) is 10.8. The zero-order valence-electron chi connectivity index (χ0n) is 19.1. The number of hydrogen-bond donors (Lipinski definition) is 4. The van der Waals surface area contributed by atoms with Gasteiger partial charge in [-0.2, -0.15) is 0 Å². The maximum atomic E-state index is 12.7. The van der Waals surface area contributed by atoms with Crippen LogP contribution in [0.1, 0.15) is 12.1 Å². The van der Waals surface area contributed by atoms with E-state index < -0.39 is 11.8 Å². The molecule has 2 heterocycles. The van der Waals surface area contributed by atoms with E-state index in [9.17, 15) is 19.5 Å². The highest BCUT2D eigenvalue weighted by atomic mass is 16.3. The van der Waals surface area contributed by atoms with Gasteiger partial charge in [0.05, 0.1) is 44.2 Å². The van der Waals surface area contributed by atoms with Crippen molar-refractivity contribution in [2.75, 3.05) is 52.5 Å². The monoisotopic (exact) mass is 472 g/mol. The van der Waals surface area contributed by atoms with Gasteiger partial charge in [0.2, 0.25) is 17.7 Å². The first-order valence-corrected chi connectivity index (χ1v) is 11.1. The van der Waals surface area contributed by atoms with Crippen LogP contribution < -0.4 is 11.1 Å². The SMILES string of the molecule is NC(=O)CN(CCO)C(=O)CN(CCCc1cccc(-c2ccccn2)n1)CC(=O)NCCO. The van der Waals surface area contributed by atoms with Gasteiger partial charge in [0.1, 0.15) is 0 Å². The Balaban J connectivity index is 2.01. The molecular formula is C23H32N6O5. The van der Waals surface area contributed by atoms with E-state index in [2.05, 4.69) is 15.3 Å². The number of aliphatic hydroxyl groups excluding tert-OH is 2. The van der Waals surface area contributed by atoms with Crippen LogP contribution in [0.3, 0.4) is 0 Å². The Labute approximate surface area is 198 Å². The predicted octanol–water partition coefficient (Wildman–Crippen LogP) is -1.21. The molecule has 0 atom stereocenters. The summed E-state index contributed by atoms with van der Waals surface area (Å²) in [6.07, 6.45) is 2.94. The van der Waals surface area contributed by atoms with E-state index in [1.54, 1.807) is 11.1 Å². The third-order valence-electron chi connectivity index (χ3n) is 4.87. The van der Waals surface area contributed by atoms with Crippen LogP contribution in [-0.2, 0) is 20.8 Å². The van der Waals surface area contributed by atoms with Gasteiger partial charge in [0.15, 0.2) is 0 Å². The first-order valence-electron chi connectivity index (χ1n) is 11.1. The fourth-order valence-corrected chi connectivity index (χ4v) is 3.32. The molecule has 5 N–H and O–H groups in total. The third-order valence-corrected chi connectivity index (χ3v) is 4.87. The number of carbonyl (C=O) groups excluding carboxylic acids is 3. The highest BCUT2D eigenvalue weighted by Gasteiger charge is 2.20. The Morgan fingerprint density at radius 2 is 1.74 bits per heavy atom. The summed E-state index contributed by atoms with van der Waals surface area (Å²) in [7, 11) is 0. The van der Waals surface area contributed by atoms with Gasteiger partial charge in [-0.15, -0.1) is 0 Å². The van der Waals surface area contributed by atoms with Gasteiger partial charge in [-0.3, -0.25) is 29.3 Å². The van der Waals surface area contributed by atoms with E-state index in [1.807, 2.05) is 36.4 Å². The molecule has 11 heteroatoms. The summed E-state index contributed by atoms with van der Waals surface area (Å²) < 4.78 is 0. The molecule has 0 fully saturated rings. The van der Waals surface area contributed by atoms with Gasteiger partial charge in [0, 0.05) is 25.0 Å². The highest BCUT2D eigenvalue weighted by Crippen LogP contribution is 2.14. The Kier molecular flexibility index (Phi) is 11.6. The van der Waals surface area contributed by atoms with Crippen molar-refractivity contribution in [2.45, 2.75) is 12.8 Å². The zero-order chi connectivity index (χ0) is 24.8. The fourth-order valence-electron chi connectivity index (χ4n) is 3.32. The van der Waals surface area contributed by atoms with E-state index in [-0.39, 0.29) is 51.8 Å². The maximum absolute atomic E-state index is 12.7. The van der Waals surface area contributed by atoms with E-state index in [4.69, 9.17) is 10.8 Å². The molecule has 0 unspecified atom stereocenters. The Morgan fingerprint density at radius 1 is 0.941 bits per heavy atom. The Bertz CT molecular complexity index is 927. The Morgan fingerprint density at radius 3 is 2.41 bits per heavy atom. The van der Waals surface area contributed by atoms with E-state index in [1.165, 1.54) is 4.90 Å². The molecule has 2 aromatic rings. The van der Waals surface area contributed by atoms with Crippen molar-refractivity contribution in [3.63, 3.8) is 0 Å². The molecule has 34 heavy (non-hydrogen) atoms. The molecule has 0 aliphatic rings. The van der Waals surface area contributed by atoms with Crippen LogP contribution in [0.5, 0.6) is 0 Å². The summed E-state index contributed by atoms with van der Waals surface area (Å²) in [5.41, 5.74) is 7.59. The molecule has 11 nitrogen and oxygen atoms in total. The second-order valence-corrected chi connectivity index (χ2v) is 7.62. The lowest BCUT2D eigenvalue weighted by atomic mass is 10.1. The molecule has 2 aromatic heterocycles. The minimum Gasteiger partial charge on any atom is -0.395 e. The summed E-state index contributed by atoms with van der Waals surface area (Å²) in [6, 6.07) is 11.3. The summed E-state index contributed by atoms with van der Waals surface area (Å²) >= 11 is 0. The molecule has 2 rings (SSSR count). The van der Waals surface area contributed by atoms with Crippen molar-refractivity contribution in [2.24, 2.45) is 5.73 Å². The fraction of sp³-hybridized carbons (Fsp3) is 0.435. The number of pyridine rings is 2. The molecule has 0 radical (unpaired) electrons. The van der Waals surface area contributed by atoms with Gasteiger partial charge in [-0.05, 0) is 43.7 Å². The lowest BCUT2D eigenvalue weighted by molar-refractivity contribution is -0.137. The van der Waals surface area contributed by atoms with Crippen molar-refractivity contribution >= 4 is 17.7 Å². The summed E-state index contributed by atoms with van der Waals surface area (Å²) in [5, 5.41) is 20.7. The number of nitrogens with two attached hydrogens (primary N) is 1. The molecule has 0 aliphatic carbocycles. The third kappa shape index (κ3) is 9.61. The van der Waals surface area contributed by atoms with Gasteiger partial charge in [0.25, 0.3) is 0 Å². The lowest BCUT2D eigenvalue weighted by Crippen LogP contribution is -2.47. The van der Waals surface area contributed by atoms with Gasteiger partial charge < -0.3 is 26.2 Å². The average Bonchev–Trinajstić information content (AvgIpc) is 2.83. The molecule has 0 spiro atoms. The number of nitrogens with zero attached hydrogens (tertiary/aromatic N) is 4. The number of aryl methyl sites for hydroxylation is 1. The standard InChI is InChI=1S/C23H32N6O5/c24-21(32)15-29(12-14-31)23(34)17-28(16-22(33)26-10-13-30)11-4-6-18-5-3-8-20(27-18)19-7-1-2-9-25-19/h1-3,5,7-9,30-31H,4,6,10-17H2,(H2,24,32)(H,26,33). The molecule has 3 amide bonds. The Hall–Kier alpha value is -3.41. The maximum Gasteiger partial charge on any atom is 0.237 e. The number of amides is 3. The summed E-state index contributed by atoms with van der Waals surface area (Å²) in [4.78, 5) is 47.9. The molecule has 184 valence electrons. The lowest BCUT2D eigenvalue weighted by Gasteiger charge is -2.26. The first-order chi connectivity index (χ1) is 16.4. The minimum atomic E-state index is -0.687. The molecule has 0 saturated carbocycles. The number of aromatic nitrogens is 2. The molecule has 0 aliphatic heterocycles. The quantitative estimate of drug-likeness (QED) is 0.251. The first kappa shape index (κ1) is 26.8. The minimum absolute atomic E-state index is 0.0312. The number of rotatable bonds is 15. The smallest absolute Gasteiger partial charge is 0.237 e. The van der Waals surface area contributed by atoms with Crippen LogP contribution in [0.2, 0.25) is 0 Å². The van der Waals surface area contributed by atoms with E-state index >= 15 is 0 Å². The average molecular weight is 473 g/mol. The predicted molar refractivity (Wildman–Crippen MR) is 125 cm³/mol. The molecular weight excluding hydrogens is 440 g/mol. The summed E-state index contributed by atoms with van der Waals surface area (Å²) in [6.45, 7) is -0.497. The molecule has 0 saturated heterocycles. The number of primary amides is 1. The van der Waals surface area contributed by atoms with E-state index in [0.29, 0.717) is 19.4 Å². The van der Waals surface area contributed by atoms with Crippen LogP contribution in [0, 0.1) is 0 Å². The van der Waals surface area contributed by atoms with E-state index in [0.717, 1.165) is 17.1 Å². The van der Waals surface area contributed by atoms with Crippen molar-refractivity contribution < 1.29 is 24.6 Å². The topological polar surface area (TPSA) is 162 Å². The highest BCUT2D eigenvalue weighted by molar-refractivity contribution is 5.85. The van der Waals surface area contributed by atoms with Crippen molar-refractivity contribution in [1.29, 1.82) is 0 Å². The van der Waals surface area contributed by atoms with Crippen molar-refractivity contribution in [3.8, 4) is 11.4 Å². The second-order valence-electron chi connectivity index (χ2n) is 7.62. The largest absolute Gasteiger partial charge is 0.395 e. The van der Waals surface area contributed by atoms with Crippen LogP contribution in [0.4, 0.5) is 0 Å². The molecule has 0 aromatic carbocycles. The summed E-state index contributed by atoms with van der Waals surface area (Å²) in [5.74, 6) is -1.44. The van der Waals surface area contributed by atoms with Gasteiger partial charge in [-0.1, -0.05) is 12.1 Å². The van der Waals surface area contributed by atoms with Crippen molar-refractivity contribution in [3.05, 3.63) is 48.3 Å². The van der Waals surface area contributed by atoms with Gasteiger partial charge in [-0.25, -0.2) is 0 Å². The van der Waals surface area contributed by atoms with Crippen LogP contribution in [-0.4, -0.2) is 100 Å². The number of hydrogen-bond acceptors (Lipinski definition) is 8. The molecule has 0 bridgehead atoms.